The molecule has 354 valence electrons. The van der Waals surface area contributed by atoms with E-state index >= 15 is 0 Å². The fourth-order valence-corrected chi connectivity index (χ4v) is 16.4. The second-order valence-electron chi connectivity index (χ2n) is 21.5. The van der Waals surface area contributed by atoms with E-state index < -0.39 is 0 Å². The lowest BCUT2D eigenvalue weighted by molar-refractivity contribution is 0.667. The summed E-state index contributed by atoms with van der Waals surface area (Å²) in [5.74, 6) is 0. The van der Waals surface area contributed by atoms with E-state index in [-0.39, 0.29) is 25.5 Å². The number of hydrogen-bond acceptors (Lipinski definition) is 5. The molecule has 0 aliphatic carbocycles. The van der Waals surface area contributed by atoms with Crippen molar-refractivity contribution in [3.63, 3.8) is 0 Å². The first kappa shape index (κ1) is 42.4. The average Bonchev–Trinajstić information content (AvgIpc) is 4.09. The second-order valence-corrected chi connectivity index (χ2v) is 23.7. The Bertz CT molecular complexity index is 4360. The first-order valence-electron chi connectivity index (χ1n) is 26.4. The number of rotatable bonds is 6. The molecule has 0 N–H and O–H groups in total. The van der Waals surface area contributed by atoms with E-state index in [1.807, 2.05) is 23.5 Å². The summed E-state index contributed by atoms with van der Waals surface area (Å²) in [6.07, 6.45) is 0. The summed E-state index contributed by atoms with van der Waals surface area (Å²) in [7, 11) is 0. The highest BCUT2D eigenvalue weighted by molar-refractivity contribution is 8.00. The fraction of sp³-hybridized carbons (Fsp3) is 0.0909. The Hall–Kier alpha value is -7.97. The van der Waals surface area contributed by atoms with Crippen LogP contribution in [0.5, 0.6) is 0 Å². The van der Waals surface area contributed by atoms with Gasteiger partial charge < -0.3 is 23.4 Å². The summed E-state index contributed by atoms with van der Waals surface area (Å²) in [5, 5.41) is 7.52. The van der Waals surface area contributed by atoms with Gasteiger partial charge in [0.05, 0.1) is 11.0 Å². The normalized spacial score (nSPS) is 13.7. The van der Waals surface area contributed by atoms with Gasteiger partial charge >= 0.3 is 0 Å². The molecule has 4 aliphatic heterocycles. The summed E-state index contributed by atoms with van der Waals surface area (Å²) in [6.45, 7) is 9.27. The van der Waals surface area contributed by atoms with Gasteiger partial charge in [0.2, 0.25) is 13.4 Å². The Kier molecular flexibility index (Phi) is 8.66. The zero-order valence-electron chi connectivity index (χ0n) is 41.8. The van der Waals surface area contributed by atoms with Gasteiger partial charge in [0.15, 0.2) is 0 Å². The van der Waals surface area contributed by atoms with Crippen molar-refractivity contribution in [2.24, 2.45) is 0 Å². The van der Waals surface area contributed by atoms with Crippen molar-refractivity contribution in [3.05, 3.63) is 194 Å². The van der Waals surface area contributed by atoms with Gasteiger partial charge in [0.25, 0.3) is 0 Å². The summed E-state index contributed by atoms with van der Waals surface area (Å²) >= 11 is 3.80. The SMILES string of the molecule is CC(C)N(c1ccccc1)c1cc2c3c(c1)-n1c4ccccc4c4cccc(c41)B3c1cc3c(cc1S2)oc1cc2c(cc13)B1c3c(cc(N(c4ccccc4)C(C)C)cc3-n3c4ccccc4c4cccc1c43)S2. The Balaban J connectivity index is 0.898. The Labute approximate surface area is 443 Å². The maximum atomic E-state index is 7.13. The van der Waals surface area contributed by atoms with E-state index in [0.29, 0.717) is 0 Å². The molecule has 0 radical (unpaired) electrons. The van der Waals surface area contributed by atoms with Crippen molar-refractivity contribution in [3.8, 4) is 11.4 Å². The average molecular weight is 997 g/mol. The lowest BCUT2D eigenvalue weighted by Gasteiger charge is -2.36. The van der Waals surface area contributed by atoms with Gasteiger partial charge in [-0.15, -0.1) is 0 Å². The predicted octanol–water partition coefficient (Wildman–Crippen LogP) is 13.5. The maximum absolute atomic E-state index is 7.13. The number of fused-ring (bicyclic) bond motifs is 17. The highest BCUT2D eigenvalue weighted by atomic mass is 32.2. The lowest BCUT2D eigenvalue weighted by Crippen LogP contribution is -2.59. The lowest BCUT2D eigenvalue weighted by atomic mass is 9.35. The minimum Gasteiger partial charge on any atom is -0.456 e. The van der Waals surface area contributed by atoms with Crippen molar-refractivity contribution >= 4 is 158 Å². The first-order chi connectivity index (χ1) is 36.9. The summed E-state index contributed by atoms with van der Waals surface area (Å²) in [4.78, 5) is 10.1. The Morgan fingerprint density at radius 3 is 1.23 bits per heavy atom. The number of para-hydroxylation sites is 6. The Morgan fingerprint density at radius 2 is 0.787 bits per heavy atom. The van der Waals surface area contributed by atoms with Gasteiger partial charge in [-0.05, 0) is 122 Å². The van der Waals surface area contributed by atoms with Crippen LogP contribution in [0, 0.1) is 0 Å². The van der Waals surface area contributed by atoms with Crippen LogP contribution in [0.4, 0.5) is 22.7 Å². The number of hydrogen-bond donors (Lipinski definition) is 0. The molecule has 7 heterocycles. The number of aromatic nitrogens is 2. The number of nitrogens with zero attached hydrogens (tertiary/aromatic N) is 4. The molecule has 0 unspecified atom stereocenters. The van der Waals surface area contributed by atoms with E-state index in [1.54, 1.807) is 0 Å². The van der Waals surface area contributed by atoms with Crippen molar-refractivity contribution in [2.75, 3.05) is 9.80 Å². The molecule has 0 spiro atoms. The quantitative estimate of drug-likeness (QED) is 0.155. The molecule has 0 saturated heterocycles. The maximum Gasteiger partial charge on any atom is 0.249 e. The molecule has 0 amide bonds. The third-order valence-corrected chi connectivity index (χ3v) is 19.1. The van der Waals surface area contributed by atoms with Gasteiger partial charge in [0, 0.05) is 109 Å². The molecule has 9 heteroatoms. The molecule has 10 aromatic carbocycles. The first-order valence-corrected chi connectivity index (χ1v) is 28.0. The van der Waals surface area contributed by atoms with Gasteiger partial charge in [-0.2, -0.15) is 0 Å². The van der Waals surface area contributed by atoms with Crippen LogP contribution < -0.4 is 42.6 Å². The number of furan rings is 1. The van der Waals surface area contributed by atoms with Crippen LogP contribution in [0.3, 0.4) is 0 Å². The largest absolute Gasteiger partial charge is 0.456 e. The summed E-state index contributed by atoms with van der Waals surface area (Å²) < 4.78 is 12.3. The second kappa shape index (κ2) is 15.3. The highest BCUT2D eigenvalue weighted by Gasteiger charge is 2.43. The highest BCUT2D eigenvalue weighted by Crippen LogP contribution is 2.46. The molecule has 0 atom stereocenters. The minimum atomic E-state index is 0.0374. The topological polar surface area (TPSA) is 29.5 Å². The molecule has 0 saturated carbocycles. The van der Waals surface area contributed by atoms with Crippen molar-refractivity contribution in [1.82, 2.24) is 9.13 Å². The van der Waals surface area contributed by atoms with Crippen LogP contribution in [0.2, 0.25) is 0 Å². The van der Waals surface area contributed by atoms with E-state index in [2.05, 4.69) is 241 Å². The molecule has 17 rings (SSSR count). The molecular weight excluding hydrogens is 951 g/mol. The molecule has 0 fully saturated rings. The van der Waals surface area contributed by atoms with Crippen molar-refractivity contribution in [1.29, 1.82) is 0 Å². The molecule has 0 bridgehead atoms. The third-order valence-electron chi connectivity index (χ3n) is 16.8. The number of anilines is 4. The Morgan fingerprint density at radius 1 is 0.373 bits per heavy atom. The van der Waals surface area contributed by atoms with Gasteiger partial charge in [-0.25, -0.2) is 0 Å². The zero-order chi connectivity index (χ0) is 49.5. The van der Waals surface area contributed by atoms with Crippen LogP contribution in [-0.4, -0.2) is 34.6 Å². The molecular formula is C66H46B2N4OS2. The smallest absolute Gasteiger partial charge is 0.249 e. The standard InChI is InChI=1S/C66H46B2N4OS2/c1-37(2)69(39-17-7-5-8-18-39)41-29-55-63-61(31-41)74-59-35-57-47(33-51(59)67(63)49-25-15-23-45-43-21-11-13-27-53(43)71(55)65(45)49)48-34-52-60(36-58(48)73-57)75-62-32-42(70(38(3)4)40-19-9-6-10-20-40)30-56-64(62)68(52)50-26-16-24-46-44-22-12-14-28-54(44)72(56)66(46)50/h5-38H,1-4H3. The fourth-order valence-electron chi connectivity index (χ4n) is 14.0. The van der Waals surface area contributed by atoms with Crippen LogP contribution in [0.15, 0.2) is 218 Å². The monoisotopic (exact) mass is 996 g/mol. The van der Waals surface area contributed by atoms with Gasteiger partial charge in [0.1, 0.15) is 11.2 Å². The number of benzene rings is 10. The van der Waals surface area contributed by atoms with Crippen molar-refractivity contribution < 1.29 is 4.42 Å². The van der Waals surface area contributed by atoms with Crippen LogP contribution in [0.25, 0.3) is 76.9 Å². The van der Waals surface area contributed by atoms with Gasteiger partial charge in [-0.3, -0.25) is 0 Å². The molecule has 13 aromatic rings. The van der Waals surface area contributed by atoms with Crippen LogP contribution in [0.1, 0.15) is 27.7 Å². The summed E-state index contributed by atoms with van der Waals surface area (Å²) in [6, 6.07) is 73.8. The predicted molar refractivity (Wildman–Crippen MR) is 320 cm³/mol. The summed E-state index contributed by atoms with van der Waals surface area (Å²) in [5.41, 5.74) is 22.4. The van der Waals surface area contributed by atoms with Crippen LogP contribution in [-0.2, 0) is 0 Å². The molecule has 5 nitrogen and oxygen atoms in total. The van der Waals surface area contributed by atoms with Crippen LogP contribution >= 0.6 is 23.5 Å². The van der Waals surface area contributed by atoms with E-state index in [0.717, 1.165) is 11.2 Å². The molecule has 4 aliphatic rings. The van der Waals surface area contributed by atoms with E-state index in [4.69, 9.17) is 4.42 Å². The van der Waals surface area contributed by atoms with E-state index in [9.17, 15) is 0 Å². The molecule has 75 heavy (non-hydrogen) atoms. The third kappa shape index (κ3) is 5.69. The minimum absolute atomic E-state index is 0.0374. The molecule has 3 aromatic heterocycles. The van der Waals surface area contributed by atoms with E-state index in [1.165, 1.54) is 141 Å². The zero-order valence-corrected chi connectivity index (χ0v) is 43.4. The van der Waals surface area contributed by atoms with Crippen molar-refractivity contribution in [2.45, 2.75) is 59.4 Å². The van der Waals surface area contributed by atoms with Gasteiger partial charge in [-0.1, -0.05) is 156 Å².